The topological polar surface area (TPSA) is 41.6 Å². The van der Waals surface area contributed by atoms with Crippen LogP contribution in [0.4, 0.5) is 0 Å². The second-order valence-electron chi connectivity index (χ2n) is 5.61. The normalized spacial score (nSPS) is 18.6. The molecule has 0 bridgehead atoms. The molecule has 1 amide bonds. The summed E-state index contributed by atoms with van der Waals surface area (Å²) in [6.07, 6.45) is 1.56. The summed E-state index contributed by atoms with van der Waals surface area (Å²) in [5, 5.41) is 3.09. The number of carbonyl (C=O) groups excluding carboxylic acids is 1. The molecule has 1 aliphatic rings. The van der Waals surface area contributed by atoms with E-state index in [9.17, 15) is 4.79 Å². The molecule has 1 aromatic rings. The number of piperidine rings is 1. The van der Waals surface area contributed by atoms with E-state index in [2.05, 4.69) is 17.3 Å². The highest BCUT2D eigenvalue weighted by Crippen LogP contribution is 2.18. The van der Waals surface area contributed by atoms with Gasteiger partial charge in [0.05, 0.1) is 0 Å². The molecule has 1 fully saturated rings. The first-order valence-electron chi connectivity index (χ1n) is 7.27. The van der Waals surface area contributed by atoms with E-state index in [1.54, 1.807) is 6.92 Å². The monoisotopic (exact) mass is 276 g/mol. The standard InChI is InChI=1S/C16H24N2O2/c1-12-6-4-5-7-15(12)20-13(2)16(19)17-14-8-10-18(3)11-9-14/h4-7,13-14H,8-11H2,1-3H3,(H,17,19)/t13-/m1/s1. The number of para-hydroxylation sites is 1. The molecular formula is C16H24N2O2. The summed E-state index contributed by atoms with van der Waals surface area (Å²) < 4.78 is 5.75. The van der Waals surface area contributed by atoms with E-state index in [1.807, 2.05) is 31.2 Å². The molecule has 1 heterocycles. The lowest BCUT2D eigenvalue weighted by Crippen LogP contribution is -2.47. The first-order chi connectivity index (χ1) is 9.56. The average molecular weight is 276 g/mol. The van der Waals surface area contributed by atoms with Gasteiger partial charge < -0.3 is 15.0 Å². The molecule has 0 aromatic heterocycles. The van der Waals surface area contributed by atoms with Crippen LogP contribution in [0.15, 0.2) is 24.3 Å². The van der Waals surface area contributed by atoms with E-state index in [4.69, 9.17) is 4.74 Å². The van der Waals surface area contributed by atoms with Crippen LogP contribution in [-0.2, 0) is 4.79 Å². The van der Waals surface area contributed by atoms with E-state index in [0.717, 1.165) is 37.2 Å². The van der Waals surface area contributed by atoms with Crippen LogP contribution in [0.5, 0.6) is 5.75 Å². The van der Waals surface area contributed by atoms with Crippen LogP contribution in [0.3, 0.4) is 0 Å². The lowest BCUT2D eigenvalue weighted by atomic mass is 10.1. The summed E-state index contributed by atoms with van der Waals surface area (Å²) in [5.41, 5.74) is 1.05. The van der Waals surface area contributed by atoms with Crippen molar-refractivity contribution in [3.8, 4) is 5.75 Å². The number of amides is 1. The minimum absolute atomic E-state index is 0.0252. The minimum Gasteiger partial charge on any atom is -0.481 e. The lowest BCUT2D eigenvalue weighted by molar-refractivity contribution is -0.128. The largest absolute Gasteiger partial charge is 0.481 e. The first-order valence-corrected chi connectivity index (χ1v) is 7.27. The number of hydrogen-bond acceptors (Lipinski definition) is 3. The Morgan fingerprint density at radius 2 is 2.00 bits per heavy atom. The maximum absolute atomic E-state index is 12.2. The van der Waals surface area contributed by atoms with Crippen molar-refractivity contribution in [1.29, 1.82) is 0 Å². The summed E-state index contributed by atoms with van der Waals surface area (Å²) in [6.45, 7) is 5.86. The molecule has 110 valence electrons. The summed E-state index contributed by atoms with van der Waals surface area (Å²) in [4.78, 5) is 14.4. The van der Waals surface area contributed by atoms with E-state index in [0.29, 0.717) is 0 Å². The number of carbonyl (C=O) groups is 1. The number of rotatable bonds is 4. The fourth-order valence-corrected chi connectivity index (χ4v) is 2.40. The van der Waals surface area contributed by atoms with Crippen LogP contribution >= 0.6 is 0 Å². The molecule has 1 aliphatic heterocycles. The van der Waals surface area contributed by atoms with Crippen molar-refractivity contribution in [3.05, 3.63) is 29.8 Å². The predicted octanol–water partition coefficient (Wildman–Crippen LogP) is 1.97. The van der Waals surface area contributed by atoms with Gasteiger partial charge in [-0.2, -0.15) is 0 Å². The minimum atomic E-state index is -0.462. The van der Waals surface area contributed by atoms with Crippen molar-refractivity contribution in [2.45, 2.75) is 38.8 Å². The molecule has 4 nitrogen and oxygen atoms in total. The van der Waals surface area contributed by atoms with E-state index < -0.39 is 6.10 Å². The third-order valence-corrected chi connectivity index (χ3v) is 3.83. The lowest BCUT2D eigenvalue weighted by Gasteiger charge is -2.30. The van der Waals surface area contributed by atoms with Gasteiger partial charge in [0.2, 0.25) is 0 Å². The molecule has 0 saturated carbocycles. The highest BCUT2D eigenvalue weighted by molar-refractivity contribution is 5.81. The summed E-state index contributed by atoms with van der Waals surface area (Å²) in [6, 6.07) is 8.04. The first kappa shape index (κ1) is 14.9. The number of aryl methyl sites for hydroxylation is 1. The average Bonchev–Trinajstić information content (AvgIpc) is 2.44. The Morgan fingerprint density at radius 3 is 2.65 bits per heavy atom. The number of benzene rings is 1. The van der Waals surface area contributed by atoms with Crippen molar-refractivity contribution in [2.75, 3.05) is 20.1 Å². The number of hydrogen-bond donors (Lipinski definition) is 1. The summed E-state index contributed by atoms with van der Waals surface area (Å²) >= 11 is 0. The number of likely N-dealkylation sites (tertiary alicyclic amines) is 1. The molecule has 2 rings (SSSR count). The van der Waals surface area contributed by atoms with Gasteiger partial charge in [0.25, 0.3) is 5.91 Å². The van der Waals surface area contributed by atoms with Gasteiger partial charge in [-0.05, 0) is 58.5 Å². The number of ether oxygens (including phenoxy) is 1. The molecule has 4 heteroatoms. The van der Waals surface area contributed by atoms with Gasteiger partial charge in [-0.1, -0.05) is 18.2 Å². The van der Waals surface area contributed by atoms with Gasteiger partial charge in [0.15, 0.2) is 6.10 Å². The summed E-state index contributed by atoms with van der Waals surface area (Å²) in [5.74, 6) is 0.751. The molecule has 0 radical (unpaired) electrons. The second-order valence-corrected chi connectivity index (χ2v) is 5.61. The van der Waals surface area contributed by atoms with Crippen molar-refractivity contribution >= 4 is 5.91 Å². The Kier molecular flexibility index (Phi) is 5.01. The smallest absolute Gasteiger partial charge is 0.260 e. The number of nitrogens with one attached hydrogen (secondary N) is 1. The fraction of sp³-hybridized carbons (Fsp3) is 0.562. The molecule has 20 heavy (non-hydrogen) atoms. The molecule has 0 unspecified atom stereocenters. The van der Waals surface area contributed by atoms with Crippen molar-refractivity contribution < 1.29 is 9.53 Å². The van der Waals surface area contributed by atoms with Crippen LogP contribution in [0.1, 0.15) is 25.3 Å². The molecule has 0 aliphatic carbocycles. The van der Waals surface area contributed by atoms with Crippen molar-refractivity contribution in [3.63, 3.8) is 0 Å². The van der Waals surface area contributed by atoms with Gasteiger partial charge in [0.1, 0.15) is 5.75 Å². The maximum atomic E-state index is 12.2. The molecular weight excluding hydrogens is 252 g/mol. The third-order valence-electron chi connectivity index (χ3n) is 3.83. The highest BCUT2D eigenvalue weighted by Gasteiger charge is 2.22. The quantitative estimate of drug-likeness (QED) is 0.914. The Balaban J connectivity index is 1.84. The number of nitrogens with zero attached hydrogens (tertiary/aromatic N) is 1. The van der Waals surface area contributed by atoms with Gasteiger partial charge in [0, 0.05) is 6.04 Å². The van der Waals surface area contributed by atoms with Crippen molar-refractivity contribution in [2.24, 2.45) is 0 Å². The Hall–Kier alpha value is -1.55. The Bertz CT molecular complexity index is 454. The zero-order valence-electron chi connectivity index (χ0n) is 12.6. The predicted molar refractivity (Wildman–Crippen MR) is 79.9 cm³/mol. The van der Waals surface area contributed by atoms with Gasteiger partial charge in [-0.15, -0.1) is 0 Å². The summed E-state index contributed by atoms with van der Waals surface area (Å²) in [7, 11) is 2.11. The third kappa shape index (κ3) is 3.97. The van der Waals surface area contributed by atoms with E-state index in [-0.39, 0.29) is 11.9 Å². The van der Waals surface area contributed by atoms with E-state index >= 15 is 0 Å². The van der Waals surface area contributed by atoms with E-state index in [1.165, 1.54) is 0 Å². The zero-order valence-corrected chi connectivity index (χ0v) is 12.6. The van der Waals surface area contributed by atoms with Crippen LogP contribution < -0.4 is 10.1 Å². The SMILES string of the molecule is Cc1ccccc1O[C@H](C)C(=O)NC1CCN(C)CC1. The Labute approximate surface area is 121 Å². The van der Waals surface area contributed by atoms with Crippen molar-refractivity contribution in [1.82, 2.24) is 10.2 Å². The molecule has 1 saturated heterocycles. The van der Waals surface area contributed by atoms with Crippen LogP contribution in [0.2, 0.25) is 0 Å². The van der Waals surface area contributed by atoms with Crippen LogP contribution in [0.25, 0.3) is 0 Å². The molecule has 1 atom stereocenters. The van der Waals surface area contributed by atoms with Gasteiger partial charge in [-0.25, -0.2) is 0 Å². The van der Waals surface area contributed by atoms with Gasteiger partial charge >= 0.3 is 0 Å². The molecule has 1 aromatic carbocycles. The maximum Gasteiger partial charge on any atom is 0.260 e. The van der Waals surface area contributed by atoms with Crippen LogP contribution in [-0.4, -0.2) is 43.1 Å². The molecule has 1 N–H and O–H groups in total. The van der Waals surface area contributed by atoms with Crippen LogP contribution in [0, 0.1) is 6.92 Å². The Morgan fingerprint density at radius 1 is 1.35 bits per heavy atom. The highest BCUT2D eigenvalue weighted by atomic mass is 16.5. The molecule has 0 spiro atoms. The van der Waals surface area contributed by atoms with Gasteiger partial charge in [-0.3, -0.25) is 4.79 Å². The zero-order chi connectivity index (χ0) is 14.5. The fourth-order valence-electron chi connectivity index (χ4n) is 2.40. The second kappa shape index (κ2) is 6.75.